The number of aliphatic hydroxyl groups excluding tert-OH is 1. The van der Waals surface area contributed by atoms with E-state index in [-0.39, 0.29) is 0 Å². The Morgan fingerprint density at radius 3 is 2.19 bits per heavy atom. The number of aryl methyl sites for hydroxylation is 2. The SMILES string of the molecule is C#Cc1ccccc1C(C(=O)Nc1c(C)cccc1C)N(C#C)C(=O)C(CO)NC(=O)OC(C)(C)C. The van der Waals surface area contributed by atoms with Crippen molar-refractivity contribution < 1.29 is 24.2 Å². The molecule has 0 aliphatic carbocycles. The number of aliphatic hydroxyl groups is 1. The zero-order valence-electron chi connectivity index (χ0n) is 21.1. The summed E-state index contributed by atoms with van der Waals surface area (Å²) in [5.74, 6) is 1.01. The third-order valence-electron chi connectivity index (χ3n) is 5.19. The maximum absolute atomic E-state index is 13.7. The predicted molar refractivity (Wildman–Crippen MR) is 138 cm³/mol. The van der Waals surface area contributed by atoms with Gasteiger partial charge in [-0.1, -0.05) is 48.7 Å². The quantitative estimate of drug-likeness (QED) is 0.409. The molecule has 3 amide bonds. The number of nitrogens with one attached hydrogen (secondary N) is 2. The topological polar surface area (TPSA) is 108 Å². The lowest BCUT2D eigenvalue weighted by molar-refractivity contribution is -0.137. The second kappa shape index (κ2) is 11.9. The van der Waals surface area contributed by atoms with Gasteiger partial charge >= 0.3 is 6.09 Å². The van der Waals surface area contributed by atoms with Crippen LogP contribution in [0.5, 0.6) is 0 Å². The summed E-state index contributed by atoms with van der Waals surface area (Å²) in [5, 5.41) is 15.0. The minimum Gasteiger partial charge on any atom is -0.444 e. The Morgan fingerprint density at radius 2 is 1.67 bits per heavy atom. The van der Waals surface area contributed by atoms with E-state index in [1.165, 1.54) is 0 Å². The van der Waals surface area contributed by atoms with Crippen molar-refractivity contribution in [3.63, 3.8) is 0 Å². The van der Waals surface area contributed by atoms with Crippen molar-refractivity contribution in [3.8, 4) is 24.8 Å². The standard InChI is InChI=1S/C28H31N3O5/c1-8-20-15-10-11-16-21(20)24(25(33)30-23-18(3)13-12-14-19(23)4)31(9-2)26(34)22(17-32)29-27(35)36-28(5,6)7/h1-2,10-16,22,24,32H,17H2,3-7H3,(H,29,35)(H,30,33). The Labute approximate surface area is 212 Å². The molecule has 0 radical (unpaired) electrons. The van der Waals surface area contributed by atoms with Crippen LogP contribution in [0.1, 0.15) is 49.1 Å². The van der Waals surface area contributed by atoms with E-state index in [1.807, 2.05) is 32.0 Å². The van der Waals surface area contributed by atoms with Crippen molar-refractivity contribution in [1.82, 2.24) is 10.2 Å². The monoisotopic (exact) mass is 489 g/mol. The first-order chi connectivity index (χ1) is 16.9. The molecule has 2 unspecified atom stereocenters. The number of amides is 3. The van der Waals surface area contributed by atoms with Crippen LogP contribution in [0, 0.1) is 38.7 Å². The van der Waals surface area contributed by atoms with Crippen LogP contribution < -0.4 is 10.6 Å². The van der Waals surface area contributed by atoms with E-state index in [9.17, 15) is 19.5 Å². The minimum absolute atomic E-state index is 0.309. The number of rotatable bonds is 7. The molecule has 8 nitrogen and oxygen atoms in total. The molecule has 188 valence electrons. The van der Waals surface area contributed by atoms with Crippen molar-refractivity contribution in [2.24, 2.45) is 0 Å². The van der Waals surface area contributed by atoms with Crippen molar-refractivity contribution in [3.05, 3.63) is 64.7 Å². The van der Waals surface area contributed by atoms with Gasteiger partial charge in [0.15, 0.2) is 6.04 Å². The molecule has 0 aliphatic rings. The fourth-order valence-corrected chi connectivity index (χ4v) is 3.54. The number of hydrogen-bond donors (Lipinski definition) is 3. The number of para-hydroxylation sites is 1. The summed E-state index contributed by atoms with van der Waals surface area (Å²) in [4.78, 5) is 40.2. The summed E-state index contributed by atoms with van der Waals surface area (Å²) in [6.45, 7) is 7.86. The molecule has 0 heterocycles. The Hall–Kier alpha value is -4.27. The van der Waals surface area contributed by atoms with Gasteiger partial charge in [-0.3, -0.25) is 14.5 Å². The lowest BCUT2D eigenvalue weighted by Gasteiger charge is -2.30. The smallest absolute Gasteiger partial charge is 0.408 e. The number of carbonyl (C=O) groups is 3. The lowest BCUT2D eigenvalue weighted by atomic mass is 9.97. The molecule has 0 bridgehead atoms. The molecule has 0 aliphatic heterocycles. The molecule has 8 heteroatoms. The molecule has 0 saturated heterocycles. The van der Waals surface area contributed by atoms with E-state index in [0.717, 1.165) is 16.0 Å². The fraction of sp³-hybridized carbons (Fsp3) is 0.321. The normalized spacial score (nSPS) is 12.3. The first kappa shape index (κ1) is 28.0. The van der Waals surface area contributed by atoms with Crippen molar-refractivity contribution in [1.29, 1.82) is 0 Å². The largest absolute Gasteiger partial charge is 0.444 e. The van der Waals surface area contributed by atoms with Gasteiger partial charge in [0.1, 0.15) is 11.6 Å². The van der Waals surface area contributed by atoms with Crippen LogP contribution in [-0.2, 0) is 14.3 Å². The first-order valence-corrected chi connectivity index (χ1v) is 11.3. The number of carbonyl (C=O) groups excluding carboxylic acids is 3. The second-order valence-corrected chi connectivity index (χ2v) is 9.11. The number of anilines is 1. The van der Waals surface area contributed by atoms with E-state index >= 15 is 0 Å². The van der Waals surface area contributed by atoms with Gasteiger partial charge in [0, 0.05) is 22.9 Å². The van der Waals surface area contributed by atoms with E-state index in [2.05, 4.69) is 22.6 Å². The summed E-state index contributed by atoms with van der Waals surface area (Å²) >= 11 is 0. The zero-order chi connectivity index (χ0) is 27.0. The fourth-order valence-electron chi connectivity index (χ4n) is 3.54. The number of nitrogens with zero attached hydrogens (tertiary/aromatic N) is 1. The van der Waals surface area contributed by atoms with Crippen LogP contribution in [0.3, 0.4) is 0 Å². The predicted octanol–water partition coefficient (Wildman–Crippen LogP) is 3.27. The molecule has 0 aromatic heterocycles. The molecule has 2 aromatic rings. The van der Waals surface area contributed by atoms with Gasteiger partial charge in [0.05, 0.1) is 6.61 Å². The van der Waals surface area contributed by atoms with Crippen LogP contribution in [-0.4, -0.2) is 46.2 Å². The van der Waals surface area contributed by atoms with Crippen LogP contribution in [0.25, 0.3) is 0 Å². The number of hydrogen-bond acceptors (Lipinski definition) is 5. The third-order valence-corrected chi connectivity index (χ3v) is 5.19. The highest BCUT2D eigenvalue weighted by molar-refractivity contribution is 6.00. The molecule has 2 rings (SSSR count). The number of ether oxygens (including phenoxy) is 1. The van der Waals surface area contributed by atoms with E-state index < -0.39 is 42.2 Å². The van der Waals surface area contributed by atoms with Crippen LogP contribution in [0.2, 0.25) is 0 Å². The average molecular weight is 490 g/mol. The second-order valence-electron chi connectivity index (χ2n) is 9.11. The van der Waals surface area contributed by atoms with Gasteiger partial charge in [-0.25, -0.2) is 4.79 Å². The molecule has 3 N–H and O–H groups in total. The van der Waals surface area contributed by atoms with Gasteiger partial charge in [0.25, 0.3) is 11.8 Å². The van der Waals surface area contributed by atoms with Gasteiger partial charge < -0.3 is 20.5 Å². The number of terminal acetylenes is 2. The van der Waals surface area contributed by atoms with E-state index in [0.29, 0.717) is 16.8 Å². The number of benzene rings is 2. The summed E-state index contributed by atoms with van der Waals surface area (Å²) in [6.07, 6.45) is 10.5. The van der Waals surface area contributed by atoms with Crippen molar-refractivity contribution >= 4 is 23.6 Å². The van der Waals surface area contributed by atoms with Crippen LogP contribution >= 0.6 is 0 Å². The van der Waals surface area contributed by atoms with Crippen molar-refractivity contribution in [2.75, 3.05) is 11.9 Å². The summed E-state index contributed by atoms with van der Waals surface area (Å²) in [5.41, 5.74) is 2.02. The molecular formula is C28H31N3O5. The lowest BCUT2D eigenvalue weighted by Crippen LogP contribution is -2.52. The number of alkyl carbamates (subject to hydrolysis) is 1. The van der Waals surface area contributed by atoms with Crippen LogP contribution in [0.4, 0.5) is 10.5 Å². The van der Waals surface area contributed by atoms with Gasteiger partial charge in [-0.15, -0.1) is 6.42 Å². The van der Waals surface area contributed by atoms with Gasteiger partial charge in [-0.2, -0.15) is 0 Å². The maximum Gasteiger partial charge on any atom is 0.408 e. The van der Waals surface area contributed by atoms with Gasteiger partial charge in [-0.05, 0) is 51.8 Å². The summed E-state index contributed by atoms with van der Waals surface area (Å²) in [7, 11) is 0. The molecule has 0 saturated carbocycles. The summed E-state index contributed by atoms with van der Waals surface area (Å²) < 4.78 is 5.18. The first-order valence-electron chi connectivity index (χ1n) is 11.3. The van der Waals surface area contributed by atoms with Crippen LogP contribution in [0.15, 0.2) is 42.5 Å². The maximum atomic E-state index is 13.7. The van der Waals surface area contributed by atoms with E-state index in [4.69, 9.17) is 17.6 Å². The minimum atomic E-state index is -1.47. The highest BCUT2D eigenvalue weighted by Crippen LogP contribution is 2.28. The Kier molecular flexibility index (Phi) is 9.26. The highest BCUT2D eigenvalue weighted by Gasteiger charge is 2.37. The third kappa shape index (κ3) is 6.88. The molecule has 36 heavy (non-hydrogen) atoms. The molecule has 2 aromatic carbocycles. The Morgan fingerprint density at radius 1 is 1.06 bits per heavy atom. The molecule has 0 spiro atoms. The van der Waals surface area contributed by atoms with E-state index in [1.54, 1.807) is 45.0 Å². The van der Waals surface area contributed by atoms with Gasteiger partial charge in [0.2, 0.25) is 0 Å². The van der Waals surface area contributed by atoms with Crippen molar-refractivity contribution in [2.45, 2.75) is 52.3 Å². The molecular weight excluding hydrogens is 458 g/mol. The summed E-state index contributed by atoms with van der Waals surface area (Å²) in [6, 6.07) is 11.5. The Balaban J connectivity index is 2.52. The molecule has 2 atom stereocenters. The average Bonchev–Trinajstić information content (AvgIpc) is 2.81. The highest BCUT2D eigenvalue weighted by atomic mass is 16.6. The Bertz CT molecular complexity index is 1200. The molecule has 0 fully saturated rings. The zero-order valence-corrected chi connectivity index (χ0v) is 21.1.